The highest BCUT2D eigenvalue weighted by Gasteiger charge is 2.20. The lowest BCUT2D eigenvalue weighted by Gasteiger charge is -2.16. The second-order valence-electron chi connectivity index (χ2n) is 6.65. The van der Waals surface area contributed by atoms with Crippen LogP contribution in [0.3, 0.4) is 0 Å². The summed E-state index contributed by atoms with van der Waals surface area (Å²) in [5.74, 6) is -3.38. The zero-order valence-corrected chi connectivity index (χ0v) is 15.6. The van der Waals surface area contributed by atoms with Crippen molar-refractivity contribution in [1.29, 1.82) is 0 Å². The molecule has 1 aromatic heterocycles. The number of amides is 1. The number of carboxylic acid groups (broad SMARTS) is 2. The van der Waals surface area contributed by atoms with Gasteiger partial charge in [-0.3, -0.25) is 14.7 Å². The molecule has 0 aliphatic heterocycles. The van der Waals surface area contributed by atoms with Gasteiger partial charge in [0.15, 0.2) is 5.69 Å². The molecule has 3 aromatic rings. The Balaban J connectivity index is 1.71. The van der Waals surface area contributed by atoms with E-state index in [0.717, 1.165) is 17.2 Å². The zero-order valence-electron chi connectivity index (χ0n) is 15.6. The highest BCUT2D eigenvalue weighted by atomic mass is 19.1. The number of aromatic carboxylic acids is 1. The smallest absolute Gasteiger partial charge is 0.353 e. The van der Waals surface area contributed by atoms with Gasteiger partial charge < -0.3 is 15.5 Å². The van der Waals surface area contributed by atoms with Crippen LogP contribution in [0.5, 0.6) is 0 Å². The maximum atomic E-state index is 13.4. The molecule has 3 rings (SSSR count). The number of aromatic nitrogens is 2. The Morgan fingerprint density at radius 2 is 1.77 bits per heavy atom. The Hall–Kier alpha value is -4.01. The lowest BCUT2D eigenvalue weighted by Crippen LogP contribution is -2.38. The van der Waals surface area contributed by atoms with E-state index in [1.165, 1.54) is 12.1 Å². The molecule has 1 atom stereocenters. The minimum absolute atomic E-state index is 0.149. The van der Waals surface area contributed by atoms with Crippen molar-refractivity contribution in [1.82, 2.24) is 15.5 Å². The predicted octanol–water partition coefficient (Wildman–Crippen LogP) is 2.73. The third kappa shape index (κ3) is 5.28. The molecule has 0 spiro atoms. The summed E-state index contributed by atoms with van der Waals surface area (Å²) in [5, 5.41) is 26.5. The molecule has 30 heavy (non-hydrogen) atoms. The molecule has 0 bridgehead atoms. The summed E-state index contributed by atoms with van der Waals surface area (Å²) in [7, 11) is 0. The van der Waals surface area contributed by atoms with Gasteiger partial charge in [-0.05, 0) is 35.2 Å². The molecule has 2 aromatic carbocycles. The summed E-state index contributed by atoms with van der Waals surface area (Å²) in [6.45, 7) is 0. The monoisotopic (exact) mass is 411 g/mol. The highest BCUT2D eigenvalue weighted by molar-refractivity contribution is 5.95. The third-order valence-corrected chi connectivity index (χ3v) is 4.39. The molecule has 0 fully saturated rings. The summed E-state index contributed by atoms with van der Waals surface area (Å²) in [6, 6.07) is 13.6. The summed E-state index contributed by atoms with van der Waals surface area (Å²) in [4.78, 5) is 34.4. The second kappa shape index (κ2) is 8.99. The molecular weight excluding hydrogens is 393 g/mol. The number of nitrogens with zero attached hydrogens (tertiary/aromatic N) is 1. The average molecular weight is 411 g/mol. The first-order valence-corrected chi connectivity index (χ1v) is 8.98. The molecule has 0 saturated carbocycles. The molecule has 4 N–H and O–H groups in total. The lowest BCUT2D eigenvalue weighted by molar-refractivity contribution is -0.137. The van der Waals surface area contributed by atoms with Crippen molar-refractivity contribution in [2.75, 3.05) is 0 Å². The van der Waals surface area contributed by atoms with E-state index in [0.29, 0.717) is 5.56 Å². The van der Waals surface area contributed by atoms with E-state index in [9.17, 15) is 18.8 Å². The van der Waals surface area contributed by atoms with Crippen molar-refractivity contribution in [2.45, 2.75) is 18.9 Å². The maximum Gasteiger partial charge on any atom is 0.353 e. The quantitative estimate of drug-likeness (QED) is 0.451. The number of aliphatic carboxylic acids is 1. The van der Waals surface area contributed by atoms with Crippen LogP contribution >= 0.6 is 0 Å². The average Bonchev–Trinajstić information content (AvgIpc) is 3.19. The van der Waals surface area contributed by atoms with Gasteiger partial charge in [-0.25, -0.2) is 9.18 Å². The van der Waals surface area contributed by atoms with Crippen LogP contribution in [0.15, 0.2) is 54.6 Å². The Kier molecular flexibility index (Phi) is 6.21. The molecule has 1 amide bonds. The first-order chi connectivity index (χ1) is 14.3. The van der Waals surface area contributed by atoms with E-state index < -0.39 is 23.9 Å². The molecule has 0 aliphatic carbocycles. The van der Waals surface area contributed by atoms with Crippen LogP contribution in [-0.4, -0.2) is 44.3 Å². The molecule has 1 heterocycles. The number of carboxylic acids is 2. The van der Waals surface area contributed by atoms with Crippen molar-refractivity contribution in [3.05, 3.63) is 77.4 Å². The maximum absolute atomic E-state index is 13.4. The van der Waals surface area contributed by atoms with E-state index in [-0.39, 0.29) is 30.0 Å². The Bertz CT molecular complexity index is 1080. The van der Waals surface area contributed by atoms with E-state index in [1.54, 1.807) is 36.4 Å². The van der Waals surface area contributed by atoms with Crippen LogP contribution in [0.1, 0.15) is 33.0 Å². The largest absolute Gasteiger partial charge is 0.481 e. The standard InChI is InChI=1S/C21H18FN3O5/c22-15-3-1-2-14(9-15)13-6-4-12(5-7-13)8-16(10-19(26)27)23-20(28)17-11-18(21(29)30)25-24-17/h1-7,9,11,16H,8,10H2,(H,23,28)(H,24,25)(H,26,27)(H,29,30)/t16-/m1/s1. The minimum Gasteiger partial charge on any atom is -0.481 e. The van der Waals surface area contributed by atoms with Gasteiger partial charge in [-0.2, -0.15) is 5.10 Å². The number of aromatic amines is 1. The van der Waals surface area contributed by atoms with Gasteiger partial charge in [0.25, 0.3) is 5.91 Å². The predicted molar refractivity (Wildman–Crippen MR) is 105 cm³/mol. The van der Waals surface area contributed by atoms with Crippen LogP contribution in [-0.2, 0) is 11.2 Å². The van der Waals surface area contributed by atoms with Gasteiger partial charge in [-0.15, -0.1) is 0 Å². The molecule has 9 heteroatoms. The SMILES string of the molecule is O=C(O)C[C@@H](Cc1ccc(-c2cccc(F)c2)cc1)NC(=O)c1cc(C(=O)O)[nH]n1. The third-order valence-electron chi connectivity index (χ3n) is 4.39. The van der Waals surface area contributed by atoms with Gasteiger partial charge in [-0.1, -0.05) is 36.4 Å². The van der Waals surface area contributed by atoms with Gasteiger partial charge in [0.2, 0.25) is 0 Å². The fraction of sp³-hybridized carbons (Fsp3) is 0.143. The van der Waals surface area contributed by atoms with E-state index in [4.69, 9.17) is 10.2 Å². The molecule has 0 aliphatic rings. The van der Waals surface area contributed by atoms with Gasteiger partial charge in [0.1, 0.15) is 11.5 Å². The molecule has 0 unspecified atom stereocenters. The molecule has 0 radical (unpaired) electrons. The number of hydrogen-bond acceptors (Lipinski definition) is 4. The molecule has 154 valence electrons. The Morgan fingerprint density at radius 1 is 1.03 bits per heavy atom. The summed E-state index contributed by atoms with van der Waals surface area (Å²) < 4.78 is 13.4. The van der Waals surface area contributed by atoms with Crippen molar-refractivity contribution in [3.63, 3.8) is 0 Å². The number of hydrogen-bond donors (Lipinski definition) is 4. The lowest BCUT2D eigenvalue weighted by atomic mass is 9.99. The number of rotatable bonds is 8. The number of carbonyl (C=O) groups excluding carboxylic acids is 1. The van der Waals surface area contributed by atoms with E-state index in [1.807, 2.05) is 0 Å². The van der Waals surface area contributed by atoms with Crippen LogP contribution in [0, 0.1) is 5.82 Å². The van der Waals surface area contributed by atoms with E-state index >= 15 is 0 Å². The van der Waals surface area contributed by atoms with Gasteiger partial charge in [0, 0.05) is 12.1 Å². The number of nitrogens with one attached hydrogen (secondary N) is 2. The highest BCUT2D eigenvalue weighted by Crippen LogP contribution is 2.21. The van der Waals surface area contributed by atoms with Gasteiger partial charge >= 0.3 is 11.9 Å². The normalized spacial score (nSPS) is 11.6. The Labute approximate surface area is 170 Å². The Morgan fingerprint density at radius 3 is 2.37 bits per heavy atom. The van der Waals surface area contributed by atoms with Gasteiger partial charge in [0.05, 0.1) is 6.42 Å². The number of H-pyrrole nitrogens is 1. The van der Waals surface area contributed by atoms with Crippen LogP contribution in [0.4, 0.5) is 4.39 Å². The van der Waals surface area contributed by atoms with Crippen LogP contribution < -0.4 is 5.32 Å². The van der Waals surface area contributed by atoms with Crippen molar-refractivity contribution in [3.8, 4) is 11.1 Å². The number of benzene rings is 2. The van der Waals surface area contributed by atoms with Crippen molar-refractivity contribution >= 4 is 17.8 Å². The number of halogens is 1. The van der Waals surface area contributed by atoms with E-state index in [2.05, 4.69) is 15.5 Å². The first-order valence-electron chi connectivity index (χ1n) is 8.98. The minimum atomic E-state index is -1.26. The van der Waals surface area contributed by atoms with Crippen molar-refractivity contribution < 1.29 is 29.0 Å². The van der Waals surface area contributed by atoms with Crippen LogP contribution in [0.25, 0.3) is 11.1 Å². The fourth-order valence-corrected chi connectivity index (χ4v) is 2.98. The van der Waals surface area contributed by atoms with Crippen LogP contribution in [0.2, 0.25) is 0 Å². The second-order valence-corrected chi connectivity index (χ2v) is 6.65. The zero-order chi connectivity index (χ0) is 21.7. The summed E-state index contributed by atoms with van der Waals surface area (Å²) in [5.41, 5.74) is 1.89. The number of carbonyl (C=O) groups is 3. The molecule has 8 nitrogen and oxygen atoms in total. The van der Waals surface area contributed by atoms with Crippen molar-refractivity contribution in [2.24, 2.45) is 0 Å². The molecular formula is C21H18FN3O5. The summed E-state index contributed by atoms with van der Waals surface area (Å²) in [6.07, 6.45) is -0.0920. The fourth-order valence-electron chi connectivity index (χ4n) is 2.98. The summed E-state index contributed by atoms with van der Waals surface area (Å²) >= 11 is 0. The topological polar surface area (TPSA) is 132 Å². The molecule has 0 saturated heterocycles. The first kappa shape index (κ1) is 20.7.